The van der Waals surface area contributed by atoms with Gasteiger partial charge in [-0.1, -0.05) is 49.0 Å². The van der Waals surface area contributed by atoms with Crippen molar-refractivity contribution in [3.8, 4) is 0 Å². The van der Waals surface area contributed by atoms with Crippen molar-refractivity contribution in [3.63, 3.8) is 0 Å². The van der Waals surface area contributed by atoms with E-state index < -0.39 is 0 Å². The van der Waals surface area contributed by atoms with Crippen LogP contribution in [-0.2, 0) is 4.79 Å². The molecule has 0 spiro atoms. The number of amides is 1. The van der Waals surface area contributed by atoms with Gasteiger partial charge in [0.05, 0.1) is 4.91 Å². The minimum absolute atomic E-state index is 0.00350. The summed E-state index contributed by atoms with van der Waals surface area (Å²) in [5.41, 5.74) is 0.818. The lowest BCUT2D eigenvalue weighted by Crippen LogP contribution is -2.36. The third-order valence-electron chi connectivity index (χ3n) is 3.68. The Labute approximate surface area is 127 Å². The molecule has 0 radical (unpaired) electrons. The third-order valence-corrected chi connectivity index (χ3v) is 5.01. The van der Waals surface area contributed by atoms with E-state index in [2.05, 4.69) is 0 Å². The fraction of sp³-hybridized carbons (Fsp3) is 0.333. The van der Waals surface area contributed by atoms with Gasteiger partial charge in [-0.3, -0.25) is 9.69 Å². The molecule has 2 fully saturated rings. The first-order valence-corrected chi connectivity index (χ1v) is 7.90. The van der Waals surface area contributed by atoms with Crippen molar-refractivity contribution in [3.05, 3.63) is 40.6 Å². The maximum atomic E-state index is 12.9. The molecule has 0 aromatic heterocycles. The summed E-state index contributed by atoms with van der Waals surface area (Å²) < 4.78 is 13.5. The van der Waals surface area contributed by atoms with Crippen molar-refractivity contribution >= 4 is 40.3 Å². The van der Waals surface area contributed by atoms with Crippen LogP contribution in [0, 0.1) is 5.82 Å². The van der Waals surface area contributed by atoms with Gasteiger partial charge in [-0.25, -0.2) is 4.39 Å². The van der Waals surface area contributed by atoms with Crippen LogP contribution in [0.4, 0.5) is 4.39 Å². The Morgan fingerprint density at radius 1 is 1.25 bits per heavy atom. The molecule has 2 nitrogen and oxygen atoms in total. The van der Waals surface area contributed by atoms with E-state index in [0.29, 0.717) is 9.23 Å². The fourth-order valence-corrected chi connectivity index (χ4v) is 4.07. The Hall–Kier alpha value is -1.20. The number of nitrogens with zero attached hydrogens (tertiary/aromatic N) is 1. The summed E-state index contributed by atoms with van der Waals surface area (Å²) in [7, 11) is 0. The van der Waals surface area contributed by atoms with Crippen molar-refractivity contribution in [1.82, 2.24) is 4.90 Å². The molecule has 1 aliphatic heterocycles. The Kier molecular flexibility index (Phi) is 3.89. The van der Waals surface area contributed by atoms with Crippen molar-refractivity contribution in [2.24, 2.45) is 0 Å². The maximum absolute atomic E-state index is 12.9. The first-order valence-electron chi connectivity index (χ1n) is 6.68. The lowest BCUT2D eigenvalue weighted by Gasteiger charge is -2.21. The summed E-state index contributed by atoms with van der Waals surface area (Å²) in [6, 6.07) is 6.38. The van der Waals surface area contributed by atoms with Crippen LogP contribution in [0.1, 0.15) is 31.2 Å². The normalized spacial score (nSPS) is 22.2. The lowest BCUT2D eigenvalue weighted by atomic mass is 10.2. The van der Waals surface area contributed by atoms with E-state index in [4.69, 9.17) is 12.2 Å². The highest BCUT2D eigenvalue weighted by molar-refractivity contribution is 8.26. The van der Waals surface area contributed by atoms with Gasteiger partial charge in [-0.2, -0.15) is 0 Å². The Balaban J connectivity index is 1.83. The number of rotatable bonds is 2. The molecule has 1 heterocycles. The molecule has 0 unspecified atom stereocenters. The second kappa shape index (κ2) is 5.66. The minimum Gasteiger partial charge on any atom is -0.290 e. The first kappa shape index (κ1) is 13.8. The van der Waals surface area contributed by atoms with Gasteiger partial charge in [0.2, 0.25) is 0 Å². The van der Waals surface area contributed by atoms with Crippen molar-refractivity contribution in [1.29, 1.82) is 0 Å². The highest BCUT2D eigenvalue weighted by atomic mass is 32.2. The van der Waals surface area contributed by atoms with Gasteiger partial charge >= 0.3 is 0 Å². The number of carbonyl (C=O) groups is 1. The molecule has 1 amide bonds. The summed E-state index contributed by atoms with van der Waals surface area (Å²) in [5.74, 6) is -0.281. The summed E-state index contributed by atoms with van der Waals surface area (Å²) in [6.45, 7) is 0. The Morgan fingerprint density at radius 2 is 1.90 bits per heavy atom. The molecule has 3 rings (SSSR count). The van der Waals surface area contributed by atoms with Crippen LogP contribution >= 0.6 is 24.0 Å². The number of carbonyl (C=O) groups excluding carboxylic acids is 1. The molecule has 1 aromatic carbocycles. The zero-order valence-corrected chi connectivity index (χ0v) is 12.5. The van der Waals surface area contributed by atoms with Gasteiger partial charge in [-0.15, -0.1) is 0 Å². The van der Waals surface area contributed by atoms with E-state index in [1.165, 1.54) is 36.7 Å². The molecule has 5 heteroatoms. The van der Waals surface area contributed by atoms with E-state index in [9.17, 15) is 9.18 Å². The lowest BCUT2D eigenvalue weighted by molar-refractivity contribution is -0.123. The Bertz CT molecular complexity index is 576. The maximum Gasteiger partial charge on any atom is 0.266 e. The average molecular weight is 307 g/mol. The van der Waals surface area contributed by atoms with E-state index in [1.54, 1.807) is 23.1 Å². The van der Waals surface area contributed by atoms with Crippen LogP contribution in [0.25, 0.3) is 6.08 Å². The second-order valence-corrected chi connectivity index (χ2v) is 6.72. The molecule has 0 bridgehead atoms. The summed E-state index contributed by atoms with van der Waals surface area (Å²) >= 11 is 6.68. The average Bonchev–Trinajstić information content (AvgIpc) is 3.02. The summed E-state index contributed by atoms with van der Waals surface area (Å²) in [6.07, 6.45) is 6.19. The van der Waals surface area contributed by atoms with Crippen molar-refractivity contribution in [2.45, 2.75) is 31.7 Å². The monoisotopic (exact) mass is 307 g/mol. The molecular formula is C15H14FNOS2. The number of halogens is 1. The standard InChI is InChI=1S/C15H14FNOS2/c16-11-7-5-10(6-8-11)9-13-14(18)17(15(19)20-13)12-3-1-2-4-12/h5-9,12H,1-4H2. The second-order valence-electron chi connectivity index (χ2n) is 5.04. The van der Waals surface area contributed by atoms with Gasteiger partial charge in [0.15, 0.2) is 0 Å². The van der Waals surface area contributed by atoms with Gasteiger partial charge in [0, 0.05) is 6.04 Å². The SMILES string of the molecule is O=C1C(=Cc2ccc(F)cc2)SC(=S)N1C1CCCC1. The summed E-state index contributed by atoms with van der Waals surface area (Å²) in [4.78, 5) is 14.8. The smallest absolute Gasteiger partial charge is 0.266 e. The molecule has 2 aliphatic rings. The van der Waals surface area contributed by atoms with Crippen LogP contribution in [0.15, 0.2) is 29.2 Å². The molecule has 1 saturated heterocycles. The molecule has 20 heavy (non-hydrogen) atoms. The van der Waals surface area contributed by atoms with Gasteiger partial charge in [-0.05, 0) is 36.6 Å². The minimum atomic E-state index is -0.277. The topological polar surface area (TPSA) is 20.3 Å². The number of hydrogen-bond donors (Lipinski definition) is 0. The number of thioether (sulfide) groups is 1. The van der Waals surface area contributed by atoms with Crippen LogP contribution in [0.2, 0.25) is 0 Å². The van der Waals surface area contributed by atoms with Gasteiger partial charge < -0.3 is 0 Å². The van der Waals surface area contributed by atoms with E-state index in [-0.39, 0.29) is 17.8 Å². The number of thiocarbonyl (C=S) groups is 1. The quantitative estimate of drug-likeness (QED) is 0.609. The van der Waals surface area contributed by atoms with E-state index in [1.807, 2.05) is 0 Å². The predicted octanol–water partition coefficient (Wildman–Crippen LogP) is 3.97. The molecule has 104 valence electrons. The Morgan fingerprint density at radius 3 is 2.55 bits per heavy atom. The zero-order chi connectivity index (χ0) is 14.1. The fourth-order valence-electron chi connectivity index (χ4n) is 2.67. The van der Waals surface area contributed by atoms with Crippen LogP contribution in [0.3, 0.4) is 0 Å². The van der Waals surface area contributed by atoms with E-state index >= 15 is 0 Å². The van der Waals surface area contributed by atoms with Crippen LogP contribution in [0.5, 0.6) is 0 Å². The van der Waals surface area contributed by atoms with Crippen LogP contribution in [-0.4, -0.2) is 21.2 Å². The number of benzene rings is 1. The predicted molar refractivity (Wildman–Crippen MR) is 83.7 cm³/mol. The summed E-state index contributed by atoms with van der Waals surface area (Å²) in [5, 5.41) is 0. The molecule has 1 saturated carbocycles. The van der Waals surface area contributed by atoms with E-state index in [0.717, 1.165) is 18.4 Å². The van der Waals surface area contributed by atoms with Gasteiger partial charge in [0.1, 0.15) is 10.1 Å². The highest BCUT2D eigenvalue weighted by Gasteiger charge is 2.37. The molecule has 0 atom stereocenters. The van der Waals surface area contributed by atoms with Crippen LogP contribution < -0.4 is 0 Å². The largest absolute Gasteiger partial charge is 0.290 e. The molecule has 0 N–H and O–H groups in total. The third kappa shape index (κ3) is 2.65. The molecular weight excluding hydrogens is 293 g/mol. The molecule has 1 aliphatic carbocycles. The van der Waals surface area contributed by atoms with Gasteiger partial charge in [0.25, 0.3) is 5.91 Å². The number of hydrogen-bond acceptors (Lipinski definition) is 3. The van der Waals surface area contributed by atoms with Crippen molar-refractivity contribution < 1.29 is 9.18 Å². The zero-order valence-electron chi connectivity index (χ0n) is 10.8. The first-order chi connectivity index (χ1) is 9.65. The van der Waals surface area contributed by atoms with Crippen molar-refractivity contribution in [2.75, 3.05) is 0 Å². The highest BCUT2D eigenvalue weighted by Crippen LogP contribution is 2.37. The molecule has 1 aromatic rings.